The van der Waals surface area contributed by atoms with Gasteiger partial charge in [-0.3, -0.25) is 4.79 Å². The fraction of sp³-hybridized carbons (Fsp3) is 0.0556. The SMILES string of the molecule is C=Cc1ccc(-c2coc3cc(OC)ccc3c2=O)cc1. The van der Waals surface area contributed by atoms with Crippen LogP contribution in [-0.4, -0.2) is 7.11 Å². The number of fused-ring (bicyclic) bond motifs is 1. The number of methoxy groups -OCH3 is 1. The number of rotatable bonds is 3. The van der Waals surface area contributed by atoms with E-state index in [0.717, 1.165) is 11.1 Å². The molecule has 0 N–H and O–H groups in total. The van der Waals surface area contributed by atoms with Crippen molar-refractivity contribution in [1.82, 2.24) is 0 Å². The van der Waals surface area contributed by atoms with Crippen molar-refractivity contribution < 1.29 is 9.15 Å². The number of benzene rings is 2. The quantitative estimate of drug-likeness (QED) is 0.723. The highest BCUT2D eigenvalue weighted by atomic mass is 16.5. The summed E-state index contributed by atoms with van der Waals surface area (Å²) in [6.07, 6.45) is 3.26. The monoisotopic (exact) mass is 278 g/mol. The smallest absolute Gasteiger partial charge is 0.200 e. The lowest BCUT2D eigenvalue weighted by Gasteiger charge is -2.05. The van der Waals surface area contributed by atoms with E-state index in [-0.39, 0.29) is 5.43 Å². The molecule has 3 nitrogen and oxygen atoms in total. The predicted molar refractivity (Wildman–Crippen MR) is 84.6 cm³/mol. The second-order valence-electron chi connectivity index (χ2n) is 4.67. The van der Waals surface area contributed by atoms with Crippen LogP contribution in [0.25, 0.3) is 28.2 Å². The van der Waals surface area contributed by atoms with Crippen LogP contribution in [-0.2, 0) is 0 Å². The van der Waals surface area contributed by atoms with Crippen LogP contribution in [0.1, 0.15) is 5.56 Å². The van der Waals surface area contributed by atoms with E-state index >= 15 is 0 Å². The Balaban J connectivity index is 2.17. The molecule has 1 heterocycles. The molecule has 0 aliphatic rings. The van der Waals surface area contributed by atoms with E-state index in [2.05, 4.69) is 6.58 Å². The van der Waals surface area contributed by atoms with Crippen molar-refractivity contribution in [2.45, 2.75) is 0 Å². The molecule has 3 aromatic rings. The fourth-order valence-corrected chi connectivity index (χ4v) is 2.23. The van der Waals surface area contributed by atoms with Crippen LogP contribution in [0.2, 0.25) is 0 Å². The second kappa shape index (κ2) is 5.29. The number of ether oxygens (including phenoxy) is 1. The predicted octanol–water partition coefficient (Wildman–Crippen LogP) is 4.11. The molecule has 0 aliphatic heterocycles. The van der Waals surface area contributed by atoms with Crippen LogP contribution in [0.4, 0.5) is 0 Å². The molecule has 0 atom stereocenters. The summed E-state index contributed by atoms with van der Waals surface area (Å²) in [5.41, 5.74) is 2.85. The molecule has 0 radical (unpaired) electrons. The van der Waals surface area contributed by atoms with E-state index in [9.17, 15) is 4.79 Å². The molecule has 0 amide bonds. The molecule has 0 aliphatic carbocycles. The first kappa shape index (κ1) is 13.2. The molecule has 2 aromatic carbocycles. The van der Waals surface area contributed by atoms with Crippen LogP contribution >= 0.6 is 0 Å². The van der Waals surface area contributed by atoms with Crippen molar-refractivity contribution >= 4 is 17.0 Å². The summed E-state index contributed by atoms with van der Waals surface area (Å²) in [4.78, 5) is 12.6. The van der Waals surface area contributed by atoms with Crippen molar-refractivity contribution in [2.75, 3.05) is 7.11 Å². The Morgan fingerprint density at radius 2 is 1.90 bits per heavy atom. The highest BCUT2D eigenvalue weighted by Gasteiger charge is 2.09. The van der Waals surface area contributed by atoms with Crippen LogP contribution in [0.5, 0.6) is 5.75 Å². The van der Waals surface area contributed by atoms with Gasteiger partial charge in [0.15, 0.2) is 5.43 Å². The summed E-state index contributed by atoms with van der Waals surface area (Å²) >= 11 is 0. The van der Waals surface area contributed by atoms with E-state index in [0.29, 0.717) is 22.3 Å². The standard InChI is InChI=1S/C18H14O3/c1-3-12-4-6-13(7-5-12)16-11-21-17-10-14(20-2)8-9-15(17)18(16)19/h3-11H,1H2,2H3. The third-order valence-electron chi connectivity index (χ3n) is 3.44. The van der Waals surface area contributed by atoms with Gasteiger partial charge in [-0.15, -0.1) is 0 Å². The number of hydrogen-bond donors (Lipinski definition) is 0. The van der Waals surface area contributed by atoms with E-state index in [4.69, 9.17) is 9.15 Å². The average Bonchev–Trinajstić information content (AvgIpc) is 2.55. The van der Waals surface area contributed by atoms with E-state index < -0.39 is 0 Å². The van der Waals surface area contributed by atoms with Gasteiger partial charge in [0.25, 0.3) is 0 Å². The molecule has 0 spiro atoms. The zero-order chi connectivity index (χ0) is 14.8. The van der Waals surface area contributed by atoms with Gasteiger partial charge in [0.05, 0.1) is 18.1 Å². The zero-order valence-electron chi connectivity index (χ0n) is 11.6. The molecule has 1 aromatic heterocycles. The lowest BCUT2D eigenvalue weighted by atomic mass is 10.0. The molecular formula is C18H14O3. The Morgan fingerprint density at radius 3 is 2.57 bits per heavy atom. The second-order valence-corrected chi connectivity index (χ2v) is 4.67. The van der Waals surface area contributed by atoms with E-state index in [1.54, 1.807) is 31.4 Å². The van der Waals surface area contributed by atoms with Crippen molar-refractivity contribution in [3.8, 4) is 16.9 Å². The minimum atomic E-state index is -0.0507. The minimum absolute atomic E-state index is 0.0507. The van der Waals surface area contributed by atoms with Crippen LogP contribution in [0, 0.1) is 0 Å². The van der Waals surface area contributed by atoms with E-state index in [1.807, 2.05) is 24.3 Å². The summed E-state index contributed by atoms with van der Waals surface area (Å²) < 4.78 is 10.7. The maximum atomic E-state index is 12.6. The first-order valence-electron chi connectivity index (χ1n) is 6.55. The molecule has 0 bridgehead atoms. The van der Waals surface area contributed by atoms with Gasteiger partial charge in [-0.2, -0.15) is 0 Å². The Labute approximate surface area is 122 Å². The molecule has 0 saturated heterocycles. The molecule has 3 rings (SSSR count). The summed E-state index contributed by atoms with van der Waals surface area (Å²) in [7, 11) is 1.58. The lowest BCUT2D eigenvalue weighted by Crippen LogP contribution is -2.04. The highest BCUT2D eigenvalue weighted by molar-refractivity contribution is 5.82. The molecule has 21 heavy (non-hydrogen) atoms. The van der Waals surface area contributed by atoms with Gasteiger partial charge >= 0.3 is 0 Å². The van der Waals surface area contributed by atoms with Gasteiger partial charge in [-0.05, 0) is 23.3 Å². The Morgan fingerprint density at radius 1 is 1.14 bits per heavy atom. The molecule has 0 fully saturated rings. The molecule has 0 saturated carbocycles. The van der Waals surface area contributed by atoms with Crippen LogP contribution < -0.4 is 10.2 Å². The third kappa shape index (κ3) is 2.34. The van der Waals surface area contributed by atoms with Crippen molar-refractivity contribution in [3.63, 3.8) is 0 Å². The minimum Gasteiger partial charge on any atom is -0.497 e. The maximum absolute atomic E-state index is 12.6. The lowest BCUT2D eigenvalue weighted by molar-refractivity contribution is 0.414. The van der Waals surface area contributed by atoms with Crippen molar-refractivity contribution in [3.05, 3.63) is 71.1 Å². The first-order valence-corrected chi connectivity index (χ1v) is 6.55. The summed E-state index contributed by atoms with van der Waals surface area (Å²) in [6.45, 7) is 3.72. The maximum Gasteiger partial charge on any atom is 0.200 e. The largest absolute Gasteiger partial charge is 0.497 e. The molecule has 0 unspecified atom stereocenters. The summed E-state index contributed by atoms with van der Waals surface area (Å²) in [5.74, 6) is 0.661. The van der Waals surface area contributed by atoms with Gasteiger partial charge in [-0.25, -0.2) is 0 Å². The molecule has 104 valence electrons. The van der Waals surface area contributed by atoms with E-state index in [1.165, 1.54) is 6.26 Å². The van der Waals surface area contributed by atoms with Crippen molar-refractivity contribution in [2.24, 2.45) is 0 Å². The Bertz CT molecular complexity index is 858. The molecular weight excluding hydrogens is 264 g/mol. The number of hydrogen-bond acceptors (Lipinski definition) is 3. The third-order valence-corrected chi connectivity index (χ3v) is 3.44. The van der Waals surface area contributed by atoms with Gasteiger partial charge in [-0.1, -0.05) is 36.9 Å². The fourth-order valence-electron chi connectivity index (χ4n) is 2.23. The highest BCUT2D eigenvalue weighted by Crippen LogP contribution is 2.23. The van der Waals surface area contributed by atoms with Gasteiger partial charge in [0.1, 0.15) is 17.6 Å². The molecule has 3 heteroatoms. The zero-order valence-corrected chi connectivity index (χ0v) is 11.6. The Hall–Kier alpha value is -2.81. The van der Waals surface area contributed by atoms with Gasteiger partial charge in [0.2, 0.25) is 0 Å². The Kier molecular flexibility index (Phi) is 3.32. The topological polar surface area (TPSA) is 39.4 Å². The van der Waals surface area contributed by atoms with Crippen LogP contribution in [0.15, 0.2) is 64.5 Å². The normalized spacial score (nSPS) is 10.5. The van der Waals surface area contributed by atoms with Crippen LogP contribution in [0.3, 0.4) is 0 Å². The van der Waals surface area contributed by atoms with Gasteiger partial charge < -0.3 is 9.15 Å². The average molecular weight is 278 g/mol. The first-order chi connectivity index (χ1) is 10.2. The van der Waals surface area contributed by atoms with Crippen molar-refractivity contribution in [1.29, 1.82) is 0 Å². The summed E-state index contributed by atoms with van der Waals surface area (Å²) in [5, 5.41) is 0.543. The summed E-state index contributed by atoms with van der Waals surface area (Å²) in [6, 6.07) is 12.8. The van der Waals surface area contributed by atoms with Gasteiger partial charge in [0, 0.05) is 6.07 Å².